The van der Waals surface area contributed by atoms with Crippen LogP contribution in [-0.2, 0) is 6.42 Å². The van der Waals surface area contributed by atoms with E-state index in [1.165, 1.54) is 9.75 Å². The standard InChI is InChI=1S/C15H18N2S/c1-11(10-14-9-8-12(2)18-14)17-15(16)13-6-4-3-5-7-13/h3-9,11H,10H2,1-2H3,(H2,16,17). The van der Waals surface area contributed by atoms with Crippen molar-refractivity contribution in [3.63, 3.8) is 0 Å². The molecule has 0 aliphatic rings. The molecule has 1 aromatic carbocycles. The van der Waals surface area contributed by atoms with Crippen LogP contribution in [0.4, 0.5) is 0 Å². The number of hydrogen-bond donors (Lipinski definition) is 1. The van der Waals surface area contributed by atoms with Gasteiger partial charge in [-0.25, -0.2) is 0 Å². The number of hydrogen-bond acceptors (Lipinski definition) is 2. The minimum Gasteiger partial charge on any atom is -0.383 e. The van der Waals surface area contributed by atoms with E-state index in [9.17, 15) is 0 Å². The number of rotatable bonds is 4. The van der Waals surface area contributed by atoms with Crippen LogP contribution < -0.4 is 5.73 Å². The predicted octanol–water partition coefficient (Wildman–Crippen LogP) is 3.39. The van der Waals surface area contributed by atoms with Crippen molar-refractivity contribution in [3.05, 3.63) is 57.8 Å². The smallest absolute Gasteiger partial charge is 0.125 e. The minimum atomic E-state index is 0.211. The SMILES string of the molecule is Cc1ccc(CC(C)N=C(N)c2ccccc2)s1. The summed E-state index contributed by atoms with van der Waals surface area (Å²) in [7, 11) is 0. The van der Waals surface area contributed by atoms with Crippen LogP contribution in [0.1, 0.15) is 22.2 Å². The summed E-state index contributed by atoms with van der Waals surface area (Å²) >= 11 is 1.83. The molecule has 1 heterocycles. The Balaban J connectivity index is 2.04. The molecule has 0 spiro atoms. The average Bonchev–Trinajstić information content (AvgIpc) is 2.75. The number of thiophene rings is 1. The Morgan fingerprint density at radius 1 is 1.22 bits per heavy atom. The first-order chi connectivity index (χ1) is 8.65. The highest BCUT2D eigenvalue weighted by Crippen LogP contribution is 2.17. The van der Waals surface area contributed by atoms with Gasteiger partial charge in [-0.15, -0.1) is 11.3 Å². The first-order valence-electron chi connectivity index (χ1n) is 6.09. The molecule has 2 rings (SSSR count). The molecule has 0 radical (unpaired) electrons. The van der Waals surface area contributed by atoms with Crippen molar-refractivity contribution < 1.29 is 0 Å². The molecule has 0 saturated heterocycles. The van der Waals surface area contributed by atoms with Gasteiger partial charge in [0.25, 0.3) is 0 Å². The van der Waals surface area contributed by atoms with Gasteiger partial charge in [0.05, 0.1) is 6.04 Å². The highest BCUT2D eigenvalue weighted by molar-refractivity contribution is 7.11. The van der Waals surface area contributed by atoms with Crippen molar-refractivity contribution in [2.45, 2.75) is 26.3 Å². The summed E-state index contributed by atoms with van der Waals surface area (Å²) < 4.78 is 0. The maximum absolute atomic E-state index is 6.01. The van der Waals surface area contributed by atoms with Crippen LogP contribution in [0.3, 0.4) is 0 Å². The lowest BCUT2D eigenvalue weighted by Gasteiger charge is -2.07. The fourth-order valence-corrected chi connectivity index (χ4v) is 2.86. The molecule has 94 valence electrons. The number of benzene rings is 1. The van der Waals surface area contributed by atoms with Crippen LogP contribution in [0.2, 0.25) is 0 Å². The third-order valence-corrected chi connectivity index (χ3v) is 3.74. The molecule has 18 heavy (non-hydrogen) atoms. The van der Waals surface area contributed by atoms with Gasteiger partial charge in [0.1, 0.15) is 5.84 Å². The third kappa shape index (κ3) is 3.44. The zero-order valence-electron chi connectivity index (χ0n) is 10.8. The second kappa shape index (κ2) is 5.83. The summed E-state index contributed by atoms with van der Waals surface area (Å²) in [4.78, 5) is 7.26. The molecule has 2 aromatic rings. The van der Waals surface area contributed by atoms with Crippen LogP contribution in [0.5, 0.6) is 0 Å². The van der Waals surface area contributed by atoms with Gasteiger partial charge in [0.15, 0.2) is 0 Å². The number of nitrogens with two attached hydrogens (primary N) is 1. The van der Waals surface area contributed by atoms with Gasteiger partial charge >= 0.3 is 0 Å². The number of aryl methyl sites for hydroxylation is 1. The highest BCUT2D eigenvalue weighted by atomic mass is 32.1. The summed E-state index contributed by atoms with van der Waals surface area (Å²) in [5.74, 6) is 0.622. The Morgan fingerprint density at radius 2 is 1.94 bits per heavy atom. The van der Waals surface area contributed by atoms with Gasteiger partial charge in [0.2, 0.25) is 0 Å². The second-order valence-corrected chi connectivity index (χ2v) is 5.82. The van der Waals surface area contributed by atoms with E-state index in [0.29, 0.717) is 5.84 Å². The predicted molar refractivity (Wildman–Crippen MR) is 79.4 cm³/mol. The van der Waals surface area contributed by atoms with Crippen molar-refractivity contribution in [1.29, 1.82) is 0 Å². The number of amidine groups is 1. The highest BCUT2D eigenvalue weighted by Gasteiger charge is 2.05. The molecule has 1 unspecified atom stereocenters. The fraction of sp³-hybridized carbons (Fsp3) is 0.267. The average molecular weight is 258 g/mol. The Morgan fingerprint density at radius 3 is 2.56 bits per heavy atom. The van der Waals surface area contributed by atoms with Gasteiger partial charge in [-0.2, -0.15) is 0 Å². The van der Waals surface area contributed by atoms with Crippen molar-refractivity contribution in [1.82, 2.24) is 0 Å². The van der Waals surface area contributed by atoms with Crippen molar-refractivity contribution in [2.75, 3.05) is 0 Å². The molecule has 0 amide bonds. The number of nitrogens with zero attached hydrogens (tertiary/aromatic N) is 1. The van der Waals surface area contributed by atoms with Crippen molar-refractivity contribution in [2.24, 2.45) is 10.7 Å². The van der Waals surface area contributed by atoms with Crippen LogP contribution in [0.25, 0.3) is 0 Å². The van der Waals surface area contributed by atoms with Crippen LogP contribution in [0.15, 0.2) is 47.5 Å². The summed E-state index contributed by atoms with van der Waals surface area (Å²) in [6.07, 6.45) is 0.950. The van der Waals surface area contributed by atoms with Gasteiger partial charge < -0.3 is 5.73 Å². The molecular formula is C15H18N2S. The molecule has 2 nitrogen and oxygen atoms in total. The third-order valence-electron chi connectivity index (χ3n) is 2.72. The van der Waals surface area contributed by atoms with E-state index in [1.54, 1.807) is 0 Å². The summed E-state index contributed by atoms with van der Waals surface area (Å²) in [5.41, 5.74) is 7.00. The zero-order chi connectivity index (χ0) is 13.0. The fourth-order valence-electron chi connectivity index (χ4n) is 1.85. The summed E-state index contributed by atoms with van der Waals surface area (Å²) in [6.45, 7) is 4.23. The molecule has 2 N–H and O–H groups in total. The number of aliphatic imine (C=N–C) groups is 1. The van der Waals surface area contributed by atoms with Crippen molar-refractivity contribution in [3.8, 4) is 0 Å². The van der Waals surface area contributed by atoms with Crippen LogP contribution in [0, 0.1) is 6.92 Å². The first kappa shape index (κ1) is 12.8. The van der Waals surface area contributed by atoms with E-state index in [1.807, 2.05) is 41.7 Å². The maximum atomic E-state index is 6.01. The molecule has 0 saturated carbocycles. The molecule has 0 aliphatic heterocycles. The summed E-state index contributed by atoms with van der Waals surface area (Å²) in [5, 5.41) is 0. The van der Waals surface area contributed by atoms with Gasteiger partial charge in [0, 0.05) is 21.7 Å². The lowest BCUT2D eigenvalue weighted by atomic mass is 10.2. The van der Waals surface area contributed by atoms with E-state index in [2.05, 4.69) is 31.0 Å². The zero-order valence-corrected chi connectivity index (χ0v) is 11.6. The maximum Gasteiger partial charge on any atom is 0.125 e. The Bertz CT molecular complexity index is 528. The van der Waals surface area contributed by atoms with Gasteiger partial charge in [-0.3, -0.25) is 4.99 Å². The minimum absolute atomic E-state index is 0.211. The summed E-state index contributed by atoms with van der Waals surface area (Å²) in [6, 6.07) is 14.4. The molecular weight excluding hydrogens is 240 g/mol. The van der Waals surface area contributed by atoms with Crippen LogP contribution >= 0.6 is 11.3 Å². The second-order valence-electron chi connectivity index (χ2n) is 4.45. The molecule has 0 bridgehead atoms. The van der Waals surface area contributed by atoms with Gasteiger partial charge in [-0.1, -0.05) is 30.3 Å². The van der Waals surface area contributed by atoms with E-state index < -0.39 is 0 Å². The normalized spacial score (nSPS) is 13.6. The lowest BCUT2D eigenvalue weighted by molar-refractivity contribution is 0.748. The van der Waals surface area contributed by atoms with E-state index in [0.717, 1.165) is 12.0 Å². The quantitative estimate of drug-likeness (QED) is 0.662. The van der Waals surface area contributed by atoms with Gasteiger partial charge in [-0.05, 0) is 26.0 Å². The molecule has 0 aliphatic carbocycles. The molecule has 3 heteroatoms. The largest absolute Gasteiger partial charge is 0.383 e. The van der Waals surface area contributed by atoms with E-state index in [4.69, 9.17) is 5.73 Å². The molecule has 1 aromatic heterocycles. The van der Waals surface area contributed by atoms with Crippen LogP contribution in [-0.4, -0.2) is 11.9 Å². The Labute approximate surface area is 112 Å². The van der Waals surface area contributed by atoms with E-state index >= 15 is 0 Å². The lowest BCUT2D eigenvalue weighted by Crippen LogP contribution is -2.17. The topological polar surface area (TPSA) is 38.4 Å². The molecule has 0 fully saturated rings. The molecule has 1 atom stereocenters. The first-order valence-corrected chi connectivity index (χ1v) is 6.91. The monoisotopic (exact) mass is 258 g/mol. The Hall–Kier alpha value is -1.61. The van der Waals surface area contributed by atoms with Crippen molar-refractivity contribution >= 4 is 17.2 Å². The van der Waals surface area contributed by atoms with E-state index in [-0.39, 0.29) is 6.04 Å². The Kier molecular flexibility index (Phi) is 4.15.